The first-order chi connectivity index (χ1) is 14.8. The van der Waals surface area contributed by atoms with Crippen molar-refractivity contribution in [3.8, 4) is 0 Å². The molecule has 0 N–H and O–H groups in total. The van der Waals surface area contributed by atoms with Crippen LogP contribution >= 0.6 is 11.3 Å². The summed E-state index contributed by atoms with van der Waals surface area (Å²) in [5.74, 6) is 0.402. The Hall–Kier alpha value is -3.01. The average molecular weight is 444 g/mol. The summed E-state index contributed by atoms with van der Waals surface area (Å²) in [6.07, 6.45) is 2.91. The molecule has 0 amide bonds. The summed E-state index contributed by atoms with van der Waals surface area (Å²) in [5, 5.41) is 1.10. The van der Waals surface area contributed by atoms with Crippen LogP contribution in [0, 0.1) is 19.8 Å². The highest BCUT2D eigenvalue weighted by atomic mass is 32.1. The number of piperidine rings is 1. The normalized spacial score (nSPS) is 14.9. The van der Waals surface area contributed by atoms with E-state index in [2.05, 4.69) is 28.7 Å². The van der Waals surface area contributed by atoms with Gasteiger partial charge in [0.1, 0.15) is 23.6 Å². The number of rotatable bonds is 4. The molecule has 0 unspecified atom stereocenters. The molecule has 9 nitrogen and oxygen atoms in total. The lowest BCUT2D eigenvalue weighted by molar-refractivity contribution is -0.150. The number of esters is 1. The molecule has 0 spiro atoms. The van der Waals surface area contributed by atoms with Gasteiger partial charge in [-0.15, -0.1) is 11.3 Å². The lowest BCUT2D eigenvalue weighted by Crippen LogP contribution is -2.39. The molecule has 1 aliphatic rings. The smallest absolute Gasteiger partial charge is 0.330 e. The molecule has 0 radical (unpaired) electrons. The fourth-order valence-electron chi connectivity index (χ4n) is 3.91. The second kappa shape index (κ2) is 8.26. The van der Waals surface area contributed by atoms with Gasteiger partial charge < -0.3 is 9.64 Å². The molecule has 4 heterocycles. The molecule has 0 bridgehead atoms. The molecule has 3 aromatic heterocycles. The lowest BCUT2D eigenvalue weighted by Gasteiger charge is -2.32. The van der Waals surface area contributed by atoms with Gasteiger partial charge >= 0.3 is 11.7 Å². The van der Waals surface area contributed by atoms with E-state index in [1.165, 1.54) is 28.1 Å². The summed E-state index contributed by atoms with van der Waals surface area (Å²) < 4.78 is 7.78. The summed E-state index contributed by atoms with van der Waals surface area (Å²) >= 11 is 1.67. The standard InChI is InChI=1S/C21H25N5O4S/c1-12-13(2)31-19-17(12)18(22-11-23-19)26-7-5-14(6-8-26)20(28)30-10-15-9-16(27)25(4)21(29)24(15)3/h9,11,14H,5-8,10H2,1-4H3. The number of hydrogen-bond acceptors (Lipinski definition) is 8. The Morgan fingerprint density at radius 1 is 1.16 bits per heavy atom. The summed E-state index contributed by atoms with van der Waals surface area (Å²) in [6.45, 7) is 5.48. The number of anilines is 1. The Labute approximate surface area is 182 Å². The number of fused-ring (bicyclic) bond motifs is 1. The van der Waals surface area contributed by atoms with Gasteiger partial charge in [0.05, 0.1) is 17.0 Å². The maximum Gasteiger partial charge on any atom is 0.330 e. The number of nitrogens with zero attached hydrogens (tertiary/aromatic N) is 5. The fourth-order valence-corrected chi connectivity index (χ4v) is 4.90. The van der Waals surface area contributed by atoms with E-state index in [4.69, 9.17) is 4.74 Å². The van der Waals surface area contributed by atoms with Crippen molar-refractivity contribution in [3.63, 3.8) is 0 Å². The highest BCUT2D eigenvalue weighted by Gasteiger charge is 2.28. The molecule has 0 aromatic carbocycles. The monoisotopic (exact) mass is 443 g/mol. The Balaban J connectivity index is 1.41. The lowest BCUT2D eigenvalue weighted by atomic mass is 9.97. The van der Waals surface area contributed by atoms with Gasteiger partial charge in [0.2, 0.25) is 0 Å². The number of ether oxygens (including phenoxy) is 1. The van der Waals surface area contributed by atoms with Gasteiger partial charge in [0.15, 0.2) is 0 Å². The van der Waals surface area contributed by atoms with Crippen molar-refractivity contribution in [1.29, 1.82) is 0 Å². The van der Waals surface area contributed by atoms with Crippen LogP contribution in [0.25, 0.3) is 10.2 Å². The van der Waals surface area contributed by atoms with Gasteiger partial charge in [-0.1, -0.05) is 0 Å². The van der Waals surface area contributed by atoms with Crippen LogP contribution in [-0.2, 0) is 30.2 Å². The van der Waals surface area contributed by atoms with E-state index in [-0.39, 0.29) is 18.5 Å². The van der Waals surface area contributed by atoms with E-state index < -0.39 is 11.2 Å². The van der Waals surface area contributed by atoms with Crippen molar-refractivity contribution in [2.75, 3.05) is 18.0 Å². The first-order valence-corrected chi connectivity index (χ1v) is 11.0. The average Bonchev–Trinajstić information content (AvgIpc) is 3.07. The maximum absolute atomic E-state index is 12.6. The Bertz CT molecular complexity index is 1270. The van der Waals surface area contributed by atoms with Gasteiger partial charge in [-0.25, -0.2) is 14.8 Å². The van der Waals surface area contributed by atoms with E-state index in [1.54, 1.807) is 24.7 Å². The third kappa shape index (κ3) is 3.87. The molecule has 0 saturated carbocycles. The Kier molecular flexibility index (Phi) is 5.65. The van der Waals surface area contributed by atoms with E-state index in [0.717, 1.165) is 20.6 Å². The van der Waals surface area contributed by atoms with Crippen LogP contribution in [-0.4, -0.2) is 38.2 Å². The Morgan fingerprint density at radius 2 is 1.87 bits per heavy atom. The molecular formula is C21H25N5O4S. The highest BCUT2D eigenvalue weighted by Crippen LogP contribution is 2.35. The molecule has 31 heavy (non-hydrogen) atoms. The number of carbonyl (C=O) groups excluding carboxylic acids is 1. The van der Waals surface area contributed by atoms with Crippen LogP contribution in [0.5, 0.6) is 0 Å². The summed E-state index contributed by atoms with van der Waals surface area (Å²) in [4.78, 5) is 49.8. The number of carbonyl (C=O) groups is 1. The second-order valence-electron chi connectivity index (χ2n) is 7.90. The molecule has 1 aliphatic heterocycles. The number of hydrogen-bond donors (Lipinski definition) is 0. The van der Waals surface area contributed by atoms with Crippen LogP contribution < -0.4 is 16.1 Å². The van der Waals surface area contributed by atoms with E-state index in [1.807, 2.05) is 0 Å². The van der Waals surface area contributed by atoms with Gasteiger partial charge in [-0.2, -0.15) is 0 Å². The van der Waals surface area contributed by atoms with Crippen molar-refractivity contribution >= 4 is 33.3 Å². The quantitative estimate of drug-likeness (QED) is 0.566. The van der Waals surface area contributed by atoms with Crippen molar-refractivity contribution in [2.45, 2.75) is 33.3 Å². The number of aromatic nitrogens is 4. The van der Waals surface area contributed by atoms with E-state index in [9.17, 15) is 14.4 Å². The zero-order chi connectivity index (χ0) is 22.3. The molecule has 10 heteroatoms. The molecular weight excluding hydrogens is 418 g/mol. The predicted molar refractivity (Wildman–Crippen MR) is 119 cm³/mol. The first-order valence-electron chi connectivity index (χ1n) is 10.2. The third-order valence-electron chi connectivity index (χ3n) is 6.06. The molecule has 164 valence electrons. The minimum Gasteiger partial charge on any atom is -0.459 e. The summed E-state index contributed by atoms with van der Waals surface area (Å²) in [7, 11) is 2.97. The highest BCUT2D eigenvalue weighted by molar-refractivity contribution is 7.18. The van der Waals surface area contributed by atoms with Crippen molar-refractivity contribution < 1.29 is 9.53 Å². The van der Waals surface area contributed by atoms with Crippen molar-refractivity contribution in [2.24, 2.45) is 20.0 Å². The number of aryl methyl sites for hydroxylation is 2. The van der Waals surface area contributed by atoms with Crippen molar-refractivity contribution in [3.05, 3.63) is 49.4 Å². The molecule has 4 rings (SSSR count). The van der Waals surface area contributed by atoms with E-state index >= 15 is 0 Å². The summed E-state index contributed by atoms with van der Waals surface area (Å²) in [5.41, 5.74) is 0.724. The SMILES string of the molecule is Cc1sc2ncnc(N3CCC(C(=O)OCc4cc(=O)n(C)c(=O)n4C)CC3)c2c1C. The predicted octanol–water partition coefficient (Wildman–Crippen LogP) is 1.67. The van der Waals surface area contributed by atoms with Crippen LogP contribution in [0.15, 0.2) is 22.0 Å². The minimum atomic E-state index is -0.443. The third-order valence-corrected chi connectivity index (χ3v) is 7.18. The molecule has 0 aliphatic carbocycles. The van der Waals surface area contributed by atoms with Crippen LogP contribution in [0.2, 0.25) is 0 Å². The van der Waals surface area contributed by atoms with E-state index in [0.29, 0.717) is 31.6 Å². The second-order valence-corrected chi connectivity index (χ2v) is 9.11. The zero-order valence-electron chi connectivity index (χ0n) is 18.0. The van der Waals surface area contributed by atoms with Crippen LogP contribution in [0.4, 0.5) is 5.82 Å². The maximum atomic E-state index is 12.6. The van der Waals surface area contributed by atoms with Crippen LogP contribution in [0.1, 0.15) is 29.0 Å². The fraction of sp³-hybridized carbons (Fsp3) is 0.476. The topological polar surface area (TPSA) is 99.3 Å². The molecule has 3 aromatic rings. The first kappa shape index (κ1) is 21.2. The van der Waals surface area contributed by atoms with Gasteiger partial charge in [-0.3, -0.25) is 18.7 Å². The zero-order valence-corrected chi connectivity index (χ0v) is 18.9. The van der Waals surface area contributed by atoms with Gasteiger partial charge in [0, 0.05) is 38.1 Å². The van der Waals surface area contributed by atoms with Gasteiger partial charge in [-0.05, 0) is 32.3 Å². The van der Waals surface area contributed by atoms with Gasteiger partial charge in [0.25, 0.3) is 5.56 Å². The Morgan fingerprint density at radius 3 is 2.58 bits per heavy atom. The minimum absolute atomic E-state index is 0.0965. The largest absolute Gasteiger partial charge is 0.459 e. The van der Waals surface area contributed by atoms with Crippen LogP contribution in [0.3, 0.4) is 0 Å². The number of thiophene rings is 1. The molecule has 1 fully saturated rings. The molecule has 1 saturated heterocycles. The molecule has 0 atom stereocenters. The van der Waals surface area contributed by atoms with Crippen molar-refractivity contribution in [1.82, 2.24) is 19.1 Å². The summed E-state index contributed by atoms with van der Waals surface area (Å²) in [6, 6.07) is 1.32.